The Bertz CT molecular complexity index is 673. The second kappa shape index (κ2) is 8.41. The van der Waals surface area contributed by atoms with Crippen LogP contribution in [-0.2, 0) is 11.3 Å². The zero-order chi connectivity index (χ0) is 17.0. The summed E-state index contributed by atoms with van der Waals surface area (Å²) in [7, 11) is 0. The van der Waals surface area contributed by atoms with Crippen molar-refractivity contribution in [2.45, 2.75) is 32.9 Å². The fourth-order valence-electron chi connectivity index (χ4n) is 1.94. The van der Waals surface area contributed by atoms with Crippen LogP contribution in [-0.4, -0.2) is 38.2 Å². The van der Waals surface area contributed by atoms with Crippen molar-refractivity contribution >= 4 is 29.9 Å². The number of amides is 1. The van der Waals surface area contributed by atoms with E-state index >= 15 is 0 Å². The number of hydrogen-bond donors (Lipinski definition) is 2. The van der Waals surface area contributed by atoms with Crippen LogP contribution in [0, 0.1) is 5.92 Å². The van der Waals surface area contributed by atoms with Crippen LogP contribution in [0.1, 0.15) is 20.8 Å². The van der Waals surface area contributed by atoms with Gasteiger partial charge in [-0.25, -0.2) is 0 Å². The lowest BCUT2D eigenvalue weighted by atomic mass is 9.88. The molecule has 0 radical (unpaired) electrons. The second-order valence-corrected chi connectivity index (χ2v) is 6.41. The molecule has 1 aromatic heterocycles. The quantitative estimate of drug-likeness (QED) is 0.806. The fraction of sp³-hybridized carbons (Fsp3) is 0.467. The zero-order valence-electron chi connectivity index (χ0n) is 13.9. The predicted molar refractivity (Wildman–Crippen MR) is 96.0 cm³/mol. The minimum atomic E-state index is -0.462. The van der Waals surface area contributed by atoms with Gasteiger partial charge in [-0.15, -0.1) is 22.6 Å². The van der Waals surface area contributed by atoms with Crippen LogP contribution in [0.25, 0.3) is 11.4 Å². The van der Waals surface area contributed by atoms with E-state index in [1.165, 1.54) is 4.80 Å². The monoisotopic (exact) mass is 372 g/mol. The molecule has 0 spiro atoms. The molecule has 0 aliphatic carbocycles. The molecule has 0 saturated carbocycles. The third-order valence-corrected chi connectivity index (χ3v) is 4.22. The number of rotatable bonds is 6. The van der Waals surface area contributed by atoms with Gasteiger partial charge in [-0.05, 0) is 42.3 Å². The molecular weight excluding hydrogens is 351 g/mol. The Hall–Kier alpha value is -1.70. The number of nitrogens with two attached hydrogens (primary N) is 1. The Morgan fingerprint density at radius 1 is 1.38 bits per heavy atom. The van der Waals surface area contributed by atoms with Crippen molar-refractivity contribution in [1.29, 1.82) is 0 Å². The predicted octanol–water partition coefficient (Wildman–Crippen LogP) is 1.90. The maximum Gasteiger partial charge on any atom is 0.244 e. The van der Waals surface area contributed by atoms with Gasteiger partial charge in [0.1, 0.15) is 6.54 Å². The minimum Gasteiger partial charge on any atom is -0.348 e. The largest absolute Gasteiger partial charge is 0.348 e. The van der Waals surface area contributed by atoms with Crippen molar-refractivity contribution in [2.75, 3.05) is 6.54 Å². The van der Waals surface area contributed by atoms with Gasteiger partial charge in [-0.1, -0.05) is 25.4 Å². The number of carbonyl (C=O) groups excluding carboxylic acids is 1. The molecule has 0 aliphatic heterocycles. The Morgan fingerprint density at radius 3 is 2.54 bits per heavy atom. The summed E-state index contributed by atoms with van der Waals surface area (Å²) in [6, 6.07) is 7.10. The summed E-state index contributed by atoms with van der Waals surface area (Å²) in [4.78, 5) is 13.4. The van der Waals surface area contributed by atoms with E-state index in [4.69, 9.17) is 17.3 Å². The third kappa shape index (κ3) is 4.90. The van der Waals surface area contributed by atoms with Crippen LogP contribution in [0.3, 0.4) is 0 Å². The van der Waals surface area contributed by atoms with Gasteiger partial charge < -0.3 is 11.1 Å². The highest BCUT2D eigenvalue weighted by atomic mass is 35.5. The molecule has 24 heavy (non-hydrogen) atoms. The van der Waals surface area contributed by atoms with Gasteiger partial charge in [-0.2, -0.15) is 4.80 Å². The lowest BCUT2D eigenvalue weighted by Gasteiger charge is -2.33. The topological polar surface area (TPSA) is 98.7 Å². The van der Waals surface area contributed by atoms with E-state index in [9.17, 15) is 4.79 Å². The Morgan fingerprint density at radius 2 is 2.00 bits per heavy atom. The lowest BCUT2D eigenvalue weighted by molar-refractivity contribution is -0.124. The molecule has 1 atom stereocenters. The molecule has 0 aliphatic rings. The number of halogens is 2. The van der Waals surface area contributed by atoms with Crippen molar-refractivity contribution in [1.82, 2.24) is 25.5 Å². The Labute approximate surface area is 152 Å². The second-order valence-electron chi connectivity index (χ2n) is 5.97. The molecule has 1 amide bonds. The number of benzene rings is 1. The number of nitrogens with zero attached hydrogens (tertiary/aromatic N) is 4. The first-order valence-corrected chi connectivity index (χ1v) is 7.76. The highest BCUT2D eigenvalue weighted by Crippen LogP contribution is 2.17. The van der Waals surface area contributed by atoms with Crippen molar-refractivity contribution in [2.24, 2.45) is 11.7 Å². The molecule has 1 aromatic carbocycles. The molecule has 2 aromatic rings. The van der Waals surface area contributed by atoms with E-state index < -0.39 is 5.54 Å². The van der Waals surface area contributed by atoms with Crippen molar-refractivity contribution in [3.63, 3.8) is 0 Å². The van der Waals surface area contributed by atoms with Crippen LogP contribution in [0.2, 0.25) is 5.02 Å². The average Bonchev–Trinajstić information content (AvgIpc) is 2.95. The van der Waals surface area contributed by atoms with E-state index in [0.717, 1.165) is 5.56 Å². The van der Waals surface area contributed by atoms with E-state index in [1.54, 1.807) is 24.3 Å². The van der Waals surface area contributed by atoms with Crippen LogP contribution >= 0.6 is 24.0 Å². The van der Waals surface area contributed by atoms with Crippen LogP contribution < -0.4 is 11.1 Å². The van der Waals surface area contributed by atoms with Crippen LogP contribution in [0.5, 0.6) is 0 Å². The number of nitrogens with one attached hydrogen (secondary N) is 1. The molecule has 1 heterocycles. The summed E-state index contributed by atoms with van der Waals surface area (Å²) in [6.45, 7) is 6.29. The minimum absolute atomic E-state index is 0. The fourth-order valence-corrected chi connectivity index (χ4v) is 2.07. The molecule has 0 saturated heterocycles. The SMILES string of the molecule is CC(C)C(C)(CN)NC(=O)Cn1nnc(-c2ccc(Cl)cc2)n1.Cl. The lowest BCUT2D eigenvalue weighted by Crippen LogP contribution is -2.55. The molecule has 2 rings (SSSR count). The van der Waals surface area contributed by atoms with Crippen LogP contribution in [0.15, 0.2) is 24.3 Å². The summed E-state index contributed by atoms with van der Waals surface area (Å²) in [5, 5.41) is 15.6. The highest BCUT2D eigenvalue weighted by Gasteiger charge is 2.28. The number of tetrazole rings is 1. The van der Waals surface area contributed by atoms with Gasteiger partial charge in [0.2, 0.25) is 11.7 Å². The first-order valence-electron chi connectivity index (χ1n) is 7.39. The molecule has 3 N–H and O–H groups in total. The smallest absolute Gasteiger partial charge is 0.244 e. The molecular formula is C15H22Cl2N6O. The maximum atomic E-state index is 12.2. The number of hydrogen-bond acceptors (Lipinski definition) is 5. The van der Waals surface area contributed by atoms with Crippen molar-refractivity contribution in [3.05, 3.63) is 29.3 Å². The first-order chi connectivity index (χ1) is 10.8. The summed E-state index contributed by atoms with van der Waals surface area (Å²) >= 11 is 5.85. The number of carbonyl (C=O) groups is 1. The Kier molecular flexibility index (Phi) is 7.13. The average molecular weight is 373 g/mol. The third-order valence-electron chi connectivity index (χ3n) is 3.96. The van der Waals surface area contributed by atoms with E-state index in [0.29, 0.717) is 17.4 Å². The zero-order valence-corrected chi connectivity index (χ0v) is 15.4. The van der Waals surface area contributed by atoms with E-state index in [1.807, 2.05) is 20.8 Å². The number of aromatic nitrogens is 4. The molecule has 1 unspecified atom stereocenters. The first kappa shape index (κ1) is 20.3. The van der Waals surface area contributed by atoms with Gasteiger partial charge >= 0.3 is 0 Å². The summed E-state index contributed by atoms with van der Waals surface area (Å²) in [5.74, 6) is 0.455. The van der Waals surface area contributed by atoms with Crippen LogP contribution in [0.4, 0.5) is 0 Å². The molecule has 9 heteroatoms. The maximum absolute atomic E-state index is 12.2. The van der Waals surface area contributed by atoms with Gasteiger partial charge in [0, 0.05) is 17.1 Å². The normalized spacial score (nSPS) is 13.2. The van der Waals surface area contributed by atoms with Crippen molar-refractivity contribution in [3.8, 4) is 11.4 Å². The van der Waals surface area contributed by atoms with Gasteiger partial charge in [0.05, 0.1) is 5.54 Å². The molecule has 0 fully saturated rings. The summed E-state index contributed by atoms with van der Waals surface area (Å²) in [6.07, 6.45) is 0. The van der Waals surface area contributed by atoms with Crippen molar-refractivity contribution < 1.29 is 4.79 Å². The van der Waals surface area contributed by atoms with Gasteiger partial charge in [0.25, 0.3) is 0 Å². The summed E-state index contributed by atoms with van der Waals surface area (Å²) in [5.41, 5.74) is 6.09. The van der Waals surface area contributed by atoms with E-state index in [2.05, 4.69) is 20.7 Å². The standard InChI is InChI=1S/C15H21ClN6O.ClH/c1-10(2)15(3,9-17)18-13(23)8-22-20-14(19-21-22)11-4-6-12(16)7-5-11;/h4-7,10H,8-9,17H2,1-3H3,(H,18,23);1H. The van der Waals surface area contributed by atoms with Gasteiger partial charge in [0.15, 0.2) is 0 Å². The highest BCUT2D eigenvalue weighted by molar-refractivity contribution is 6.30. The Balaban J connectivity index is 0.00000288. The van der Waals surface area contributed by atoms with Gasteiger partial charge in [-0.3, -0.25) is 4.79 Å². The summed E-state index contributed by atoms with van der Waals surface area (Å²) < 4.78 is 0. The van der Waals surface area contributed by atoms with E-state index in [-0.39, 0.29) is 30.8 Å². The molecule has 7 nitrogen and oxygen atoms in total. The molecule has 132 valence electrons. The molecule has 0 bridgehead atoms.